The summed E-state index contributed by atoms with van der Waals surface area (Å²) in [5.74, 6) is -0.335. The molecule has 2 heterocycles. The van der Waals surface area contributed by atoms with Crippen LogP contribution in [0.4, 0.5) is 10.8 Å². The number of hydrogen-bond acceptors (Lipinski definition) is 6. The average Bonchev–Trinajstić information content (AvgIpc) is 3.10. The Hall–Kier alpha value is -2.71. The second kappa shape index (κ2) is 7.50. The Morgan fingerprint density at radius 3 is 2.81 bits per heavy atom. The lowest BCUT2D eigenvalue weighted by atomic mass is 10.2. The molecule has 1 aliphatic rings. The van der Waals surface area contributed by atoms with Crippen molar-refractivity contribution in [3.05, 3.63) is 64.7 Å². The van der Waals surface area contributed by atoms with E-state index in [2.05, 4.69) is 20.8 Å². The summed E-state index contributed by atoms with van der Waals surface area (Å²) in [6, 6.07) is 15.3. The van der Waals surface area contributed by atoms with Crippen molar-refractivity contribution in [3.63, 3.8) is 0 Å². The van der Waals surface area contributed by atoms with Crippen LogP contribution in [0.25, 0.3) is 0 Å². The molecule has 2 aromatic carbocycles. The van der Waals surface area contributed by atoms with Crippen molar-refractivity contribution in [3.8, 4) is 0 Å². The molecule has 1 atom stereocenters. The summed E-state index contributed by atoms with van der Waals surface area (Å²) in [4.78, 5) is 25.3. The van der Waals surface area contributed by atoms with Crippen LogP contribution in [0.5, 0.6) is 0 Å². The van der Waals surface area contributed by atoms with Crippen molar-refractivity contribution >= 4 is 45.7 Å². The molecule has 0 saturated heterocycles. The maximum atomic E-state index is 12.5. The van der Waals surface area contributed by atoms with E-state index >= 15 is 0 Å². The van der Waals surface area contributed by atoms with Crippen molar-refractivity contribution in [2.75, 3.05) is 10.6 Å². The molecule has 2 amide bonds. The number of hydrogen-bond donors (Lipinski definition) is 2. The molecule has 1 aromatic heterocycles. The van der Waals surface area contributed by atoms with Gasteiger partial charge in [0, 0.05) is 16.9 Å². The van der Waals surface area contributed by atoms with E-state index in [0.717, 1.165) is 15.5 Å². The summed E-state index contributed by atoms with van der Waals surface area (Å²) in [7, 11) is 0. The van der Waals surface area contributed by atoms with Crippen molar-refractivity contribution in [1.82, 2.24) is 10.2 Å². The highest BCUT2D eigenvalue weighted by molar-refractivity contribution is 8.00. The molecule has 0 unspecified atom stereocenters. The first-order valence-corrected chi connectivity index (χ1v) is 10.1. The Morgan fingerprint density at radius 1 is 1.19 bits per heavy atom. The maximum absolute atomic E-state index is 12.5. The first-order valence-electron chi connectivity index (χ1n) is 8.38. The number of thioether (sulfide) groups is 1. The van der Waals surface area contributed by atoms with Crippen LogP contribution in [0.1, 0.15) is 27.9 Å². The summed E-state index contributed by atoms with van der Waals surface area (Å²) >= 11 is 2.84. The number of benzene rings is 2. The molecule has 6 nitrogen and oxygen atoms in total. The van der Waals surface area contributed by atoms with Gasteiger partial charge in [0.1, 0.15) is 5.01 Å². The van der Waals surface area contributed by atoms with Gasteiger partial charge in [-0.15, -0.1) is 22.0 Å². The van der Waals surface area contributed by atoms with Crippen LogP contribution < -0.4 is 10.6 Å². The lowest BCUT2D eigenvalue weighted by Gasteiger charge is -2.21. The average molecular weight is 396 g/mol. The Bertz CT molecular complexity index is 1000. The van der Waals surface area contributed by atoms with Gasteiger partial charge in [-0.05, 0) is 30.7 Å². The third-order valence-electron chi connectivity index (χ3n) is 4.06. The third-order valence-corrected chi connectivity index (χ3v) is 6.07. The molecule has 1 aliphatic heterocycles. The summed E-state index contributed by atoms with van der Waals surface area (Å²) in [5, 5.41) is 15.0. The Kier molecular flexibility index (Phi) is 4.91. The third kappa shape index (κ3) is 4.01. The molecule has 27 heavy (non-hydrogen) atoms. The highest BCUT2D eigenvalue weighted by atomic mass is 32.2. The molecule has 2 N–H and O–H groups in total. The fourth-order valence-electron chi connectivity index (χ4n) is 2.67. The van der Waals surface area contributed by atoms with Gasteiger partial charge >= 0.3 is 0 Å². The predicted octanol–water partition coefficient (Wildman–Crippen LogP) is 3.81. The highest BCUT2D eigenvalue weighted by Gasteiger charge is 2.24. The van der Waals surface area contributed by atoms with E-state index in [9.17, 15) is 9.59 Å². The van der Waals surface area contributed by atoms with Gasteiger partial charge in [-0.2, -0.15) is 0 Å². The topological polar surface area (TPSA) is 84.0 Å². The first-order chi connectivity index (χ1) is 13.1. The molecule has 8 heteroatoms. The highest BCUT2D eigenvalue weighted by Crippen LogP contribution is 2.36. The van der Waals surface area contributed by atoms with Gasteiger partial charge < -0.3 is 5.32 Å². The fraction of sp³-hybridized carbons (Fsp3) is 0.158. The van der Waals surface area contributed by atoms with Crippen molar-refractivity contribution in [2.45, 2.75) is 23.5 Å². The van der Waals surface area contributed by atoms with Gasteiger partial charge in [-0.25, -0.2) is 0 Å². The lowest BCUT2D eigenvalue weighted by molar-refractivity contribution is -0.115. The van der Waals surface area contributed by atoms with Crippen molar-refractivity contribution in [2.24, 2.45) is 0 Å². The molecule has 0 bridgehead atoms. The van der Waals surface area contributed by atoms with Crippen LogP contribution in [0, 0.1) is 0 Å². The van der Waals surface area contributed by atoms with E-state index in [4.69, 9.17) is 0 Å². The molecule has 0 aliphatic carbocycles. The first kappa shape index (κ1) is 17.7. The molecule has 4 rings (SSSR count). The summed E-state index contributed by atoms with van der Waals surface area (Å²) in [6.45, 7) is 1.85. The lowest BCUT2D eigenvalue weighted by Crippen LogP contribution is -2.26. The van der Waals surface area contributed by atoms with Crippen LogP contribution in [-0.2, 0) is 11.2 Å². The minimum atomic E-state index is -0.280. The number of aromatic nitrogens is 2. The van der Waals surface area contributed by atoms with E-state index in [1.807, 2.05) is 43.3 Å². The van der Waals surface area contributed by atoms with Crippen LogP contribution in [0.15, 0.2) is 53.4 Å². The van der Waals surface area contributed by atoms with Crippen molar-refractivity contribution in [1.29, 1.82) is 0 Å². The normalized spacial score (nSPS) is 15.7. The monoisotopic (exact) mass is 396 g/mol. The van der Waals surface area contributed by atoms with Gasteiger partial charge in [0.15, 0.2) is 0 Å². The second-order valence-corrected chi connectivity index (χ2v) is 8.52. The molecule has 0 radical (unpaired) electrons. The van der Waals surface area contributed by atoms with Gasteiger partial charge in [0.05, 0.1) is 10.9 Å². The van der Waals surface area contributed by atoms with E-state index < -0.39 is 0 Å². The van der Waals surface area contributed by atoms with Gasteiger partial charge in [0.2, 0.25) is 11.0 Å². The van der Waals surface area contributed by atoms with Gasteiger partial charge in [-0.1, -0.05) is 41.7 Å². The number of rotatable bonds is 4. The van der Waals surface area contributed by atoms with Crippen molar-refractivity contribution < 1.29 is 9.59 Å². The standard InChI is InChI=1S/C19H16N4O2S2/c1-11-17(24)20-14-10-13(7-8-15(14)26-11)18(25)21-19-23-22-16(27-19)9-12-5-3-2-4-6-12/h2-8,10-11H,9H2,1H3,(H,20,24)(H,21,23,25)/t11-/m1/s1. The Morgan fingerprint density at radius 2 is 2.00 bits per heavy atom. The molecule has 0 saturated carbocycles. The zero-order valence-corrected chi connectivity index (χ0v) is 16.1. The molecule has 3 aromatic rings. The number of fused-ring (bicyclic) bond motifs is 1. The van der Waals surface area contributed by atoms with E-state index in [-0.39, 0.29) is 17.1 Å². The summed E-state index contributed by atoms with van der Waals surface area (Å²) in [6.07, 6.45) is 0.675. The van der Waals surface area contributed by atoms with Crippen LogP contribution in [0.3, 0.4) is 0 Å². The second-order valence-electron chi connectivity index (χ2n) is 6.08. The Labute approximate surface area is 164 Å². The minimum absolute atomic E-state index is 0.0558. The number of carbonyl (C=O) groups excluding carboxylic acids is 2. The van der Waals surface area contributed by atoms with Gasteiger partial charge in [-0.3, -0.25) is 14.9 Å². The SMILES string of the molecule is C[C@H]1Sc2ccc(C(=O)Nc3nnc(Cc4ccccc4)s3)cc2NC1=O. The fourth-order valence-corrected chi connectivity index (χ4v) is 4.36. The molecule has 0 spiro atoms. The van der Waals surface area contributed by atoms with Crippen LogP contribution in [0.2, 0.25) is 0 Å². The van der Waals surface area contributed by atoms with E-state index in [1.165, 1.54) is 23.1 Å². The summed E-state index contributed by atoms with van der Waals surface area (Å²) in [5.41, 5.74) is 2.27. The van der Waals surface area contributed by atoms with E-state index in [0.29, 0.717) is 22.8 Å². The number of nitrogens with one attached hydrogen (secondary N) is 2. The largest absolute Gasteiger partial charge is 0.324 e. The van der Waals surface area contributed by atoms with E-state index in [1.54, 1.807) is 12.1 Å². The molecular weight excluding hydrogens is 380 g/mol. The van der Waals surface area contributed by atoms with Crippen LogP contribution in [-0.4, -0.2) is 27.3 Å². The Balaban J connectivity index is 1.45. The smallest absolute Gasteiger partial charge is 0.257 e. The zero-order valence-electron chi connectivity index (χ0n) is 14.4. The number of nitrogens with zero attached hydrogens (tertiary/aromatic N) is 2. The van der Waals surface area contributed by atoms with Crippen LogP contribution >= 0.6 is 23.1 Å². The number of anilines is 2. The van der Waals surface area contributed by atoms with Gasteiger partial charge in [0.25, 0.3) is 5.91 Å². The maximum Gasteiger partial charge on any atom is 0.257 e. The predicted molar refractivity (Wildman–Crippen MR) is 108 cm³/mol. The zero-order chi connectivity index (χ0) is 18.8. The molecule has 0 fully saturated rings. The number of carbonyl (C=O) groups is 2. The summed E-state index contributed by atoms with van der Waals surface area (Å²) < 4.78 is 0. The minimum Gasteiger partial charge on any atom is -0.324 e. The molecular formula is C19H16N4O2S2. The number of amides is 2. The quantitative estimate of drug-likeness (QED) is 0.700. The molecule has 136 valence electrons.